The molecule has 0 aromatic heterocycles. The highest BCUT2D eigenvalue weighted by Crippen LogP contribution is 2.01. The minimum absolute atomic E-state index is 0.116. The lowest BCUT2D eigenvalue weighted by Crippen LogP contribution is -2.40. The second kappa shape index (κ2) is 11.4. The third-order valence-electron chi connectivity index (χ3n) is 2.74. The summed E-state index contributed by atoms with van der Waals surface area (Å²) in [5, 5.41) is 20.0. The van der Waals surface area contributed by atoms with Gasteiger partial charge in [-0.2, -0.15) is 0 Å². The summed E-state index contributed by atoms with van der Waals surface area (Å²) in [4.78, 5) is 11.5. The molecule has 7 N–H and O–H groups in total. The molecule has 1 amide bonds. The molecule has 0 saturated heterocycles. The highest BCUT2D eigenvalue weighted by atomic mass is 16.5. The predicted octanol–water partition coefficient (Wildman–Crippen LogP) is -0.570. The normalized spacial score (nSPS) is 12.7. The molecular formula is C12H27N3O3. The smallest absolute Gasteiger partial charge is 0.236 e. The van der Waals surface area contributed by atoms with Gasteiger partial charge in [0.15, 0.2) is 6.29 Å². The van der Waals surface area contributed by atoms with Crippen molar-refractivity contribution < 1.29 is 15.0 Å². The molecule has 0 fully saturated rings. The number of carbonyl (C=O) groups is 1. The topological polar surface area (TPSA) is 122 Å². The number of hydrogen-bond donors (Lipinski definition) is 5. The number of hydrogen-bond acceptors (Lipinski definition) is 5. The van der Waals surface area contributed by atoms with E-state index in [-0.39, 0.29) is 5.91 Å². The standard InChI is InChI=1S/C12H27N3O3/c13-8-4-3-6-10(14)12(18)15-9-5-1-2-7-11(16)17/h10-11,16-17H,1-9,13-14H2,(H,15,18). The summed E-state index contributed by atoms with van der Waals surface area (Å²) in [7, 11) is 0. The molecule has 108 valence electrons. The van der Waals surface area contributed by atoms with Gasteiger partial charge in [0.05, 0.1) is 6.04 Å². The summed E-state index contributed by atoms with van der Waals surface area (Å²) in [6.07, 6.45) is 4.02. The van der Waals surface area contributed by atoms with Crippen molar-refractivity contribution in [2.24, 2.45) is 11.5 Å². The molecule has 1 unspecified atom stereocenters. The zero-order chi connectivity index (χ0) is 13.8. The fourth-order valence-electron chi connectivity index (χ4n) is 1.61. The lowest BCUT2D eigenvalue weighted by Gasteiger charge is -2.11. The maximum atomic E-state index is 11.5. The van der Waals surface area contributed by atoms with Crippen LogP contribution in [0.15, 0.2) is 0 Å². The van der Waals surface area contributed by atoms with E-state index >= 15 is 0 Å². The van der Waals surface area contributed by atoms with E-state index in [0.717, 1.165) is 32.1 Å². The number of amides is 1. The van der Waals surface area contributed by atoms with Gasteiger partial charge in [0.1, 0.15) is 0 Å². The maximum absolute atomic E-state index is 11.5. The highest BCUT2D eigenvalue weighted by molar-refractivity contribution is 5.81. The van der Waals surface area contributed by atoms with Crippen molar-refractivity contribution in [3.8, 4) is 0 Å². The number of nitrogens with one attached hydrogen (secondary N) is 1. The molecule has 0 aromatic rings. The third kappa shape index (κ3) is 10.5. The monoisotopic (exact) mass is 261 g/mol. The van der Waals surface area contributed by atoms with Gasteiger partial charge in [-0.25, -0.2) is 0 Å². The maximum Gasteiger partial charge on any atom is 0.236 e. The van der Waals surface area contributed by atoms with Crippen LogP contribution in [-0.2, 0) is 4.79 Å². The van der Waals surface area contributed by atoms with Crippen LogP contribution in [0.4, 0.5) is 0 Å². The number of aliphatic hydroxyl groups is 2. The molecular weight excluding hydrogens is 234 g/mol. The minimum Gasteiger partial charge on any atom is -0.368 e. The summed E-state index contributed by atoms with van der Waals surface area (Å²) in [6.45, 7) is 1.22. The van der Waals surface area contributed by atoms with Crippen LogP contribution in [0.5, 0.6) is 0 Å². The summed E-state index contributed by atoms with van der Waals surface area (Å²) in [5.41, 5.74) is 11.1. The SMILES string of the molecule is NCCCCC(N)C(=O)NCCCCCC(O)O. The van der Waals surface area contributed by atoms with Crippen LogP contribution >= 0.6 is 0 Å². The van der Waals surface area contributed by atoms with Crippen molar-refractivity contribution in [1.29, 1.82) is 0 Å². The van der Waals surface area contributed by atoms with Crippen LogP contribution in [-0.4, -0.2) is 41.5 Å². The Morgan fingerprint density at radius 1 is 1.06 bits per heavy atom. The van der Waals surface area contributed by atoms with Crippen molar-refractivity contribution in [3.05, 3.63) is 0 Å². The molecule has 0 aliphatic rings. The van der Waals surface area contributed by atoms with Gasteiger partial charge in [-0.1, -0.05) is 12.8 Å². The van der Waals surface area contributed by atoms with Crippen LogP contribution < -0.4 is 16.8 Å². The molecule has 1 atom stereocenters. The minimum atomic E-state index is -1.23. The van der Waals surface area contributed by atoms with Gasteiger partial charge in [-0.3, -0.25) is 4.79 Å². The zero-order valence-electron chi connectivity index (χ0n) is 11.0. The first-order valence-corrected chi connectivity index (χ1v) is 6.67. The lowest BCUT2D eigenvalue weighted by atomic mass is 10.1. The average molecular weight is 261 g/mol. The first-order valence-electron chi connectivity index (χ1n) is 6.67. The molecule has 0 bridgehead atoms. The van der Waals surface area contributed by atoms with Crippen molar-refractivity contribution in [2.45, 2.75) is 57.3 Å². The van der Waals surface area contributed by atoms with Crippen molar-refractivity contribution in [3.63, 3.8) is 0 Å². The fraction of sp³-hybridized carbons (Fsp3) is 0.917. The van der Waals surface area contributed by atoms with Gasteiger partial charge in [-0.15, -0.1) is 0 Å². The van der Waals surface area contributed by atoms with Crippen LogP contribution in [0.25, 0.3) is 0 Å². The Hall–Kier alpha value is -0.690. The van der Waals surface area contributed by atoms with E-state index in [1.807, 2.05) is 0 Å². The number of nitrogens with two attached hydrogens (primary N) is 2. The van der Waals surface area contributed by atoms with E-state index in [1.165, 1.54) is 0 Å². The van der Waals surface area contributed by atoms with Crippen molar-refractivity contribution in [2.75, 3.05) is 13.1 Å². The first-order chi connectivity index (χ1) is 8.57. The summed E-state index contributed by atoms with van der Waals surface area (Å²) < 4.78 is 0. The second-order valence-electron chi connectivity index (χ2n) is 4.51. The van der Waals surface area contributed by atoms with E-state index in [1.54, 1.807) is 0 Å². The second-order valence-corrected chi connectivity index (χ2v) is 4.51. The largest absolute Gasteiger partial charge is 0.368 e. The zero-order valence-corrected chi connectivity index (χ0v) is 11.0. The van der Waals surface area contributed by atoms with Crippen LogP contribution in [0.1, 0.15) is 44.9 Å². The van der Waals surface area contributed by atoms with Gasteiger partial charge >= 0.3 is 0 Å². The number of unbranched alkanes of at least 4 members (excludes halogenated alkanes) is 3. The quantitative estimate of drug-likeness (QED) is 0.252. The number of carbonyl (C=O) groups excluding carboxylic acids is 1. The van der Waals surface area contributed by atoms with E-state index in [4.69, 9.17) is 21.7 Å². The molecule has 0 aliphatic heterocycles. The molecule has 0 radical (unpaired) electrons. The Morgan fingerprint density at radius 3 is 2.33 bits per heavy atom. The van der Waals surface area contributed by atoms with E-state index in [2.05, 4.69) is 5.32 Å². The Bertz CT molecular complexity index is 213. The highest BCUT2D eigenvalue weighted by Gasteiger charge is 2.11. The summed E-state index contributed by atoms with van der Waals surface area (Å²) in [6, 6.07) is -0.448. The van der Waals surface area contributed by atoms with E-state index in [0.29, 0.717) is 25.9 Å². The Kier molecular flexibility index (Phi) is 11.0. The van der Waals surface area contributed by atoms with E-state index in [9.17, 15) is 4.79 Å². The number of rotatable bonds is 11. The van der Waals surface area contributed by atoms with Gasteiger partial charge < -0.3 is 27.0 Å². The summed E-state index contributed by atoms with van der Waals surface area (Å²) >= 11 is 0. The van der Waals surface area contributed by atoms with E-state index < -0.39 is 12.3 Å². The molecule has 0 heterocycles. The van der Waals surface area contributed by atoms with Crippen LogP contribution in [0.3, 0.4) is 0 Å². The molecule has 18 heavy (non-hydrogen) atoms. The molecule has 0 rings (SSSR count). The number of aliphatic hydroxyl groups excluding tert-OH is 1. The fourth-order valence-corrected chi connectivity index (χ4v) is 1.61. The third-order valence-corrected chi connectivity index (χ3v) is 2.74. The van der Waals surface area contributed by atoms with Crippen molar-refractivity contribution >= 4 is 5.91 Å². The molecule has 0 aromatic carbocycles. The van der Waals surface area contributed by atoms with Gasteiger partial charge in [-0.05, 0) is 38.6 Å². The summed E-state index contributed by atoms with van der Waals surface area (Å²) in [5.74, 6) is -0.116. The van der Waals surface area contributed by atoms with Gasteiger partial charge in [0.25, 0.3) is 0 Å². The molecule has 0 spiro atoms. The van der Waals surface area contributed by atoms with Crippen molar-refractivity contribution in [1.82, 2.24) is 5.32 Å². The van der Waals surface area contributed by atoms with Gasteiger partial charge in [0.2, 0.25) is 5.91 Å². The van der Waals surface area contributed by atoms with Gasteiger partial charge in [0, 0.05) is 6.54 Å². The first kappa shape index (κ1) is 17.3. The average Bonchev–Trinajstić information content (AvgIpc) is 2.33. The Balaban J connectivity index is 3.40. The molecule has 0 aliphatic carbocycles. The van der Waals surface area contributed by atoms with Crippen LogP contribution in [0.2, 0.25) is 0 Å². The predicted molar refractivity (Wildman–Crippen MR) is 70.6 cm³/mol. The molecule has 6 heteroatoms. The lowest BCUT2D eigenvalue weighted by molar-refractivity contribution is -0.122. The Morgan fingerprint density at radius 2 is 1.72 bits per heavy atom. The molecule has 0 saturated carbocycles. The van der Waals surface area contributed by atoms with Crippen LogP contribution in [0, 0.1) is 0 Å². The molecule has 6 nitrogen and oxygen atoms in total. The Labute approximate surface area is 109 Å².